The highest BCUT2D eigenvalue weighted by molar-refractivity contribution is 8.27. The highest BCUT2D eigenvalue weighted by atomic mass is 32.2. The van der Waals surface area contributed by atoms with Crippen molar-refractivity contribution in [3.05, 3.63) is 136 Å². The largest absolute Gasteiger partial charge is 0.480 e. The van der Waals surface area contributed by atoms with Gasteiger partial charge in [0.1, 0.15) is 21.7 Å². The zero-order chi connectivity index (χ0) is 39.1. The van der Waals surface area contributed by atoms with E-state index in [0.29, 0.717) is 9.81 Å². The van der Waals surface area contributed by atoms with E-state index in [9.17, 15) is 29.4 Å². The Morgan fingerprint density at radius 1 is 0.607 bits per heavy atom. The van der Waals surface area contributed by atoms with Crippen LogP contribution in [0.15, 0.2) is 125 Å². The number of hydrogen-bond donors (Lipinski definition) is 3. The van der Waals surface area contributed by atoms with Gasteiger partial charge in [-0.2, -0.15) is 0 Å². The molecule has 0 aliphatic carbocycles. The van der Waals surface area contributed by atoms with Crippen molar-refractivity contribution < 1.29 is 29.4 Å². The van der Waals surface area contributed by atoms with Gasteiger partial charge in [0.15, 0.2) is 0 Å². The first kappa shape index (κ1) is 36.9. The topological polar surface area (TPSA) is 134 Å². The third-order valence-corrected chi connectivity index (χ3v) is 12.0. The molecule has 0 radical (unpaired) electrons. The number of benzene rings is 5. The number of para-hydroxylation sites is 1. The van der Waals surface area contributed by atoms with Crippen LogP contribution >= 0.6 is 48.0 Å². The van der Waals surface area contributed by atoms with Gasteiger partial charge < -0.3 is 20.1 Å². The number of thiocarbonyl (C=S) groups is 2. The quantitative estimate of drug-likeness (QED) is 0.0904. The summed E-state index contributed by atoms with van der Waals surface area (Å²) in [7, 11) is 0. The van der Waals surface area contributed by atoms with Gasteiger partial charge in [-0.05, 0) is 82.9 Å². The fraction of sp³-hybridized carbons (Fsp3) is 0.0476. The number of carboxylic acid groups (broad SMARTS) is 2. The molecule has 2 amide bonds. The molecule has 0 atom stereocenters. The van der Waals surface area contributed by atoms with Crippen LogP contribution in [-0.4, -0.2) is 70.5 Å². The number of fused-ring (bicyclic) bond motifs is 3. The molecule has 2 aliphatic heterocycles. The molecular weight excluding hydrogens is 785 g/mol. The minimum absolute atomic E-state index is 0.200. The SMILES string of the molecule is O=C(O)CN1C(=O)/C(=C\c2ccc(N(c3ccc(/C=C4/SC(=S)N(CC(=O)O)C4=O)cc3)c3ccc(-c4ccc5c(c4)[nH]c4ccccc45)cc3)cc2)SC1=S. The average Bonchev–Trinajstić information content (AvgIpc) is 3.78. The molecule has 5 aromatic carbocycles. The number of thioether (sulfide) groups is 2. The maximum absolute atomic E-state index is 12.9. The van der Waals surface area contributed by atoms with E-state index in [-0.39, 0.29) is 8.64 Å². The van der Waals surface area contributed by atoms with Crippen LogP contribution in [0.5, 0.6) is 0 Å². The first-order chi connectivity index (χ1) is 27.0. The third-order valence-electron chi connectivity index (χ3n) is 9.20. The van der Waals surface area contributed by atoms with Crippen molar-refractivity contribution in [3.63, 3.8) is 0 Å². The summed E-state index contributed by atoms with van der Waals surface area (Å²) >= 11 is 12.6. The predicted octanol–water partition coefficient (Wildman–Crippen LogP) is 9.03. The van der Waals surface area contributed by atoms with Crippen molar-refractivity contribution in [3.8, 4) is 11.1 Å². The summed E-state index contributed by atoms with van der Waals surface area (Å²) in [4.78, 5) is 56.7. The second-order valence-corrected chi connectivity index (χ2v) is 16.2. The molecule has 2 aliphatic rings. The number of aromatic nitrogens is 1. The van der Waals surface area contributed by atoms with Gasteiger partial charge >= 0.3 is 11.9 Å². The van der Waals surface area contributed by atoms with E-state index in [0.717, 1.165) is 89.1 Å². The lowest BCUT2D eigenvalue weighted by atomic mass is 10.0. The molecule has 8 rings (SSSR count). The first-order valence-electron chi connectivity index (χ1n) is 17.1. The molecule has 10 nitrogen and oxygen atoms in total. The summed E-state index contributed by atoms with van der Waals surface area (Å²) in [6.07, 6.45) is 3.39. The minimum Gasteiger partial charge on any atom is -0.480 e. The Bertz CT molecular complexity index is 2580. The summed E-state index contributed by atoms with van der Waals surface area (Å²) in [5.41, 5.74) is 8.27. The van der Waals surface area contributed by atoms with Gasteiger partial charge in [0.05, 0.1) is 9.81 Å². The second-order valence-electron chi connectivity index (χ2n) is 12.8. The molecule has 6 aromatic rings. The molecule has 3 N–H and O–H groups in total. The van der Waals surface area contributed by atoms with Crippen molar-refractivity contribution in [2.75, 3.05) is 18.0 Å². The number of anilines is 3. The lowest BCUT2D eigenvalue weighted by Crippen LogP contribution is -2.33. The molecular formula is C42H28N4O6S4. The first-order valence-corrected chi connectivity index (χ1v) is 19.5. The molecule has 3 heterocycles. The van der Waals surface area contributed by atoms with Gasteiger partial charge in [0.2, 0.25) is 0 Å². The van der Waals surface area contributed by atoms with Gasteiger partial charge in [0.25, 0.3) is 11.8 Å². The van der Waals surface area contributed by atoms with Gasteiger partial charge in [-0.1, -0.05) is 115 Å². The Balaban J connectivity index is 1.11. The van der Waals surface area contributed by atoms with Gasteiger partial charge in [-0.25, -0.2) is 0 Å². The fourth-order valence-electron chi connectivity index (χ4n) is 6.57. The van der Waals surface area contributed by atoms with Crippen molar-refractivity contribution in [1.82, 2.24) is 14.8 Å². The highest BCUT2D eigenvalue weighted by Crippen LogP contribution is 2.39. The molecule has 0 unspecified atom stereocenters. The van der Waals surface area contributed by atoms with E-state index in [2.05, 4.69) is 52.3 Å². The zero-order valence-corrected chi connectivity index (χ0v) is 32.3. The van der Waals surface area contributed by atoms with Crippen LogP contribution in [0.1, 0.15) is 11.1 Å². The molecule has 276 valence electrons. The van der Waals surface area contributed by atoms with Crippen LogP contribution in [0.4, 0.5) is 17.1 Å². The van der Waals surface area contributed by atoms with Gasteiger partial charge in [-0.15, -0.1) is 0 Å². The Morgan fingerprint density at radius 3 is 1.55 bits per heavy atom. The third kappa shape index (κ3) is 7.34. The number of nitrogens with one attached hydrogen (secondary N) is 1. The summed E-state index contributed by atoms with van der Waals surface area (Å²) < 4.78 is 0.401. The van der Waals surface area contributed by atoms with Crippen LogP contribution in [0.2, 0.25) is 0 Å². The number of carbonyl (C=O) groups excluding carboxylic acids is 2. The number of aromatic amines is 1. The molecule has 0 spiro atoms. The Morgan fingerprint density at radius 2 is 1.05 bits per heavy atom. The Hall–Kier alpha value is -6.06. The predicted molar refractivity (Wildman–Crippen MR) is 231 cm³/mol. The van der Waals surface area contributed by atoms with E-state index in [1.807, 2.05) is 72.8 Å². The smallest absolute Gasteiger partial charge is 0.323 e. The van der Waals surface area contributed by atoms with E-state index < -0.39 is 36.8 Å². The maximum atomic E-state index is 12.9. The van der Waals surface area contributed by atoms with Crippen LogP contribution in [0.25, 0.3) is 45.1 Å². The molecule has 2 saturated heterocycles. The lowest BCUT2D eigenvalue weighted by molar-refractivity contribution is -0.140. The normalized spacial score (nSPS) is 15.9. The van der Waals surface area contributed by atoms with Crippen LogP contribution in [0.3, 0.4) is 0 Å². The zero-order valence-electron chi connectivity index (χ0n) is 29.0. The van der Waals surface area contributed by atoms with Crippen molar-refractivity contribution >= 4 is 131 Å². The van der Waals surface area contributed by atoms with E-state index in [1.165, 1.54) is 5.39 Å². The summed E-state index contributed by atoms with van der Waals surface area (Å²) in [6, 6.07) is 38.2. The highest BCUT2D eigenvalue weighted by Gasteiger charge is 2.34. The van der Waals surface area contributed by atoms with Crippen LogP contribution in [0, 0.1) is 0 Å². The van der Waals surface area contributed by atoms with Crippen molar-refractivity contribution in [2.45, 2.75) is 0 Å². The van der Waals surface area contributed by atoms with Crippen molar-refractivity contribution in [2.24, 2.45) is 0 Å². The molecule has 2 fully saturated rings. The minimum atomic E-state index is -1.14. The number of nitrogens with zero attached hydrogens (tertiary/aromatic N) is 3. The fourth-order valence-corrected chi connectivity index (χ4v) is 9.08. The van der Waals surface area contributed by atoms with Gasteiger partial charge in [0, 0.05) is 38.9 Å². The number of aliphatic carboxylic acids is 2. The van der Waals surface area contributed by atoms with Crippen LogP contribution in [-0.2, 0) is 19.2 Å². The molecule has 1 aromatic heterocycles. The monoisotopic (exact) mass is 812 g/mol. The summed E-state index contributed by atoms with van der Waals surface area (Å²) in [5.74, 6) is -3.17. The standard InChI is InChI=1S/C42H28N4O6S4/c47-37(48)22-44-39(51)35(55-41(44)53)19-24-5-12-28(13-6-24)46(29-14-7-25(8-15-29)20-36-40(52)45(23-38(49)50)42(54)56-36)30-16-9-26(10-17-30)27-11-18-32-31-3-1-2-4-33(31)43-34(32)21-27/h1-21,43H,22-23H2,(H,47,48)(H,49,50)/b35-19+,36-20+. The summed E-state index contributed by atoms with van der Waals surface area (Å²) in [6.45, 7) is -0.984. The number of amides is 2. The van der Waals surface area contributed by atoms with E-state index >= 15 is 0 Å². The number of H-pyrrole nitrogens is 1. The number of carbonyl (C=O) groups is 4. The maximum Gasteiger partial charge on any atom is 0.323 e. The van der Waals surface area contributed by atoms with Crippen molar-refractivity contribution in [1.29, 1.82) is 0 Å². The number of carboxylic acids is 2. The Kier molecular flexibility index (Phi) is 10.0. The number of rotatable bonds is 10. The van der Waals surface area contributed by atoms with Gasteiger partial charge in [-0.3, -0.25) is 29.0 Å². The van der Waals surface area contributed by atoms with E-state index in [4.69, 9.17) is 24.4 Å². The molecule has 14 heteroatoms. The second kappa shape index (κ2) is 15.2. The van der Waals surface area contributed by atoms with E-state index in [1.54, 1.807) is 12.2 Å². The summed E-state index contributed by atoms with van der Waals surface area (Å²) in [5, 5.41) is 20.7. The Labute approximate surface area is 339 Å². The lowest BCUT2D eigenvalue weighted by Gasteiger charge is -2.26. The molecule has 0 bridgehead atoms. The number of hydrogen-bond acceptors (Lipinski definition) is 9. The molecule has 56 heavy (non-hydrogen) atoms. The average molecular weight is 813 g/mol. The molecule has 0 saturated carbocycles. The van der Waals surface area contributed by atoms with Crippen LogP contribution < -0.4 is 4.90 Å².